The van der Waals surface area contributed by atoms with Gasteiger partial charge in [-0.25, -0.2) is 0 Å². The molecular formula is C19H28N6O. The van der Waals surface area contributed by atoms with Gasteiger partial charge in [0.1, 0.15) is 0 Å². The van der Waals surface area contributed by atoms with Gasteiger partial charge >= 0.3 is 0 Å². The number of carbonyl (C=O) groups is 1. The number of nitrogens with one attached hydrogen (secondary N) is 1. The fourth-order valence-electron chi connectivity index (χ4n) is 3.59. The summed E-state index contributed by atoms with van der Waals surface area (Å²) in [5.74, 6) is -0.458. The summed E-state index contributed by atoms with van der Waals surface area (Å²) in [6, 6.07) is 2.56. The molecule has 2 aromatic rings. The molecule has 26 heavy (non-hydrogen) atoms. The maximum Gasteiger partial charge on any atom is 0.269 e. The predicted molar refractivity (Wildman–Crippen MR) is 101 cm³/mol. The van der Waals surface area contributed by atoms with Gasteiger partial charge in [-0.1, -0.05) is 0 Å². The molecule has 1 fully saturated rings. The Balaban J connectivity index is 1.42. The fraction of sp³-hybridized carbons (Fsp3) is 0.526. The Bertz CT molecular complexity index is 756. The lowest BCUT2D eigenvalue weighted by Gasteiger charge is -2.16. The van der Waals surface area contributed by atoms with E-state index in [1.807, 2.05) is 25.6 Å². The molecule has 1 unspecified atom stereocenters. The molecule has 1 amide bonds. The minimum atomic E-state index is -0.458. The van der Waals surface area contributed by atoms with Crippen molar-refractivity contribution in [2.75, 3.05) is 19.6 Å². The molecule has 3 rings (SSSR count). The summed E-state index contributed by atoms with van der Waals surface area (Å²) in [7, 11) is 1.81. The van der Waals surface area contributed by atoms with Crippen LogP contribution < -0.4 is 11.1 Å². The van der Waals surface area contributed by atoms with Gasteiger partial charge in [-0.05, 0) is 49.9 Å². The molecule has 1 aliphatic rings. The number of hydrogen-bond acceptors (Lipinski definition) is 5. The van der Waals surface area contributed by atoms with Crippen LogP contribution in [0, 0.1) is 6.92 Å². The number of rotatable bonds is 8. The summed E-state index contributed by atoms with van der Waals surface area (Å²) in [5.41, 5.74) is 9.36. The van der Waals surface area contributed by atoms with Crippen molar-refractivity contribution in [3.8, 4) is 0 Å². The van der Waals surface area contributed by atoms with Gasteiger partial charge in [0.25, 0.3) is 5.91 Å². The van der Waals surface area contributed by atoms with E-state index in [1.54, 1.807) is 4.68 Å². The molecule has 3 heterocycles. The highest BCUT2D eigenvalue weighted by atomic mass is 16.1. The average Bonchev–Trinajstić information content (AvgIpc) is 3.20. The van der Waals surface area contributed by atoms with Crippen molar-refractivity contribution < 1.29 is 4.79 Å². The van der Waals surface area contributed by atoms with E-state index in [9.17, 15) is 4.79 Å². The zero-order valence-corrected chi connectivity index (χ0v) is 15.6. The highest BCUT2D eigenvalue weighted by Crippen LogP contribution is 2.16. The van der Waals surface area contributed by atoms with Crippen molar-refractivity contribution in [3.63, 3.8) is 0 Å². The summed E-state index contributed by atoms with van der Waals surface area (Å²) in [6.45, 7) is 5.87. The van der Waals surface area contributed by atoms with E-state index in [0.29, 0.717) is 11.7 Å². The van der Waals surface area contributed by atoms with E-state index in [0.717, 1.165) is 51.0 Å². The highest BCUT2D eigenvalue weighted by molar-refractivity contribution is 5.92. The number of carbonyl (C=O) groups excluding carboxylic acids is 1. The number of primary amides is 1. The third kappa shape index (κ3) is 4.68. The second-order valence-corrected chi connectivity index (χ2v) is 7.12. The minimum Gasteiger partial charge on any atom is -0.364 e. The Morgan fingerprint density at radius 3 is 3.04 bits per heavy atom. The number of pyridine rings is 1. The molecule has 0 spiro atoms. The van der Waals surface area contributed by atoms with Crippen molar-refractivity contribution in [3.05, 3.63) is 47.0 Å². The van der Waals surface area contributed by atoms with Gasteiger partial charge in [0.05, 0.1) is 0 Å². The van der Waals surface area contributed by atoms with Crippen LogP contribution in [0.3, 0.4) is 0 Å². The number of nitrogens with zero attached hydrogens (tertiary/aromatic N) is 4. The molecule has 140 valence electrons. The van der Waals surface area contributed by atoms with Crippen molar-refractivity contribution in [1.29, 1.82) is 0 Å². The van der Waals surface area contributed by atoms with Crippen LogP contribution in [0.25, 0.3) is 0 Å². The third-order valence-electron chi connectivity index (χ3n) is 5.01. The number of aryl methyl sites for hydroxylation is 3. The topological polar surface area (TPSA) is 89.1 Å². The first-order valence-corrected chi connectivity index (χ1v) is 9.20. The van der Waals surface area contributed by atoms with E-state index in [2.05, 4.69) is 33.3 Å². The van der Waals surface area contributed by atoms with E-state index < -0.39 is 5.91 Å². The van der Waals surface area contributed by atoms with E-state index in [1.165, 1.54) is 11.1 Å². The quantitative estimate of drug-likeness (QED) is 0.690. The standard InChI is InChI=1S/C19H28N6O/c1-14-5-8-21-10-15(14)4-3-7-22-17-6-9-25(13-17)12-16-11-24(2)23-18(16)19(20)26/h5,8,10-11,17,22H,3-4,6-7,9,12-13H2,1-2H3,(H2,20,26). The molecule has 0 saturated carbocycles. The Labute approximate surface area is 154 Å². The number of nitrogens with two attached hydrogens (primary N) is 1. The monoisotopic (exact) mass is 356 g/mol. The Morgan fingerprint density at radius 1 is 1.42 bits per heavy atom. The van der Waals surface area contributed by atoms with Crippen molar-refractivity contribution in [1.82, 2.24) is 25.0 Å². The number of aromatic nitrogens is 3. The number of likely N-dealkylation sites (tertiary alicyclic amines) is 1. The second-order valence-electron chi connectivity index (χ2n) is 7.12. The summed E-state index contributed by atoms with van der Waals surface area (Å²) in [5, 5.41) is 7.82. The molecule has 7 heteroatoms. The fourth-order valence-corrected chi connectivity index (χ4v) is 3.59. The van der Waals surface area contributed by atoms with Gasteiger partial charge in [-0.3, -0.25) is 19.4 Å². The van der Waals surface area contributed by atoms with Crippen LogP contribution >= 0.6 is 0 Å². The largest absolute Gasteiger partial charge is 0.364 e. The van der Waals surface area contributed by atoms with Gasteiger partial charge in [0.2, 0.25) is 0 Å². The van der Waals surface area contributed by atoms with Crippen LogP contribution in [0.15, 0.2) is 24.7 Å². The van der Waals surface area contributed by atoms with Crippen LogP contribution in [-0.2, 0) is 20.0 Å². The SMILES string of the molecule is Cc1ccncc1CCCNC1CCN(Cc2cn(C)nc2C(N)=O)C1. The van der Waals surface area contributed by atoms with Gasteiger partial charge in [0, 0.05) is 56.9 Å². The second kappa shape index (κ2) is 8.42. The molecule has 0 radical (unpaired) electrons. The minimum absolute atomic E-state index is 0.385. The van der Waals surface area contributed by atoms with Gasteiger partial charge < -0.3 is 11.1 Å². The first-order valence-electron chi connectivity index (χ1n) is 9.20. The Hall–Kier alpha value is -2.25. The van der Waals surface area contributed by atoms with Crippen molar-refractivity contribution in [2.45, 2.75) is 38.8 Å². The molecule has 0 aliphatic carbocycles. The van der Waals surface area contributed by atoms with Gasteiger partial charge in [0.15, 0.2) is 5.69 Å². The van der Waals surface area contributed by atoms with Crippen LogP contribution in [-0.4, -0.2) is 51.2 Å². The Morgan fingerprint density at radius 2 is 2.27 bits per heavy atom. The number of hydrogen-bond donors (Lipinski definition) is 2. The lowest BCUT2D eigenvalue weighted by Crippen LogP contribution is -2.33. The molecule has 1 aliphatic heterocycles. The average molecular weight is 356 g/mol. The van der Waals surface area contributed by atoms with E-state index in [-0.39, 0.29) is 0 Å². The van der Waals surface area contributed by atoms with Gasteiger partial charge in [-0.15, -0.1) is 0 Å². The van der Waals surface area contributed by atoms with Crippen molar-refractivity contribution in [2.24, 2.45) is 12.8 Å². The van der Waals surface area contributed by atoms with Crippen LogP contribution in [0.4, 0.5) is 0 Å². The summed E-state index contributed by atoms with van der Waals surface area (Å²) in [6.07, 6.45) is 8.99. The van der Waals surface area contributed by atoms with Gasteiger partial charge in [-0.2, -0.15) is 5.10 Å². The van der Waals surface area contributed by atoms with E-state index >= 15 is 0 Å². The molecule has 7 nitrogen and oxygen atoms in total. The maximum absolute atomic E-state index is 11.5. The summed E-state index contributed by atoms with van der Waals surface area (Å²) >= 11 is 0. The van der Waals surface area contributed by atoms with Crippen LogP contribution in [0.1, 0.15) is 40.0 Å². The molecule has 3 N–H and O–H groups in total. The highest BCUT2D eigenvalue weighted by Gasteiger charge is 2.24. The maximum atomic E-state index is 11.5. The molecule has 0 bridgehead atoms. The zero-order valence-electron chi connectivity index (χ0n) is 15.6. The van der Waals surface area contributed by atoms with Crippen LogP contribution in [0.2, 0.25) is 0 Å². The smallest absolute Gasteiger partial charge is 0.269 e. The Kier molecular flexibility index (Phi) is 6.00. The third-order valence-corrected chi connectivity index (χ3v) is 5.01. The summed E-state index contributed by atoms with van der Waals surface area (Å²) in [4.78, 5) is 18.1. The normalized spacial score (nSPS) is 17.7. The van der Waals surface area contributed by atoms with E-state index in [4.69, 9.17) is 5.73 Å². The molecule has 1 saturated heterocycles. The van der Waals surface area contributed by atoms with Crippen LogP contribution in [0.5, 0.6) is 0 Å². The predicted octanol–water partition coefficient (Wildman–Crippen LogP) is 1.02. The van der Waals surface area contributed by atoms with Crippen molar-refractivity contribution >= 4 is 5.91 Å². The first kappa shape index (κ1) is 18.5. The molecule has 1 atom stereocenters. The molecule has 2 aromatic heterocycles. The zero-order chi connectivity index (χ0) is 18.5. The molecular weight excluding hydrogens is 328 g/mol. The lowest BCUT2D eigenvalue weighted by molar-refractivity contribution is 0.0993. The number of amides is 1. The molecule has 0 aromatic carbocycles. The summed E-state index contributed by atoms with van der Waals surface area (Å²) < 4.78 is 1.65. The lowest BCUT2D eigenvalue weighted by atomic mass is 10.1. The first-order chi connectivity index (χ1) is 12.5.